The first-order valence-corrected chi connectivity index (χ1v) is 11.6. The molecular formula is C24H27F4N7. The van der Waals surface area contributed by atoms with Crippen molar-refractivity contribution < 1.29 is 17.6 Å². The lowest BCUT2D eigenvalue weighted by atomic mass is 10.0. The third-order valence-electron chi connectivity index (χ3n) is 6.19. The maximum atomic E-state index is 15.5. The highest BCUT2D eigenvalue weighted by Crippen LogP contribution is 2.42. The summed E-state index contributed by atoms with van der Waals surface area (Å²) in [6.07, 6.45) is -0.0953. The Kier molecular flexibility index (Phi) is 6.94. The summed E-state index contributed by atoms with van der Waals surface area (Å²) >= 11 is 0. The van der Waals surface area contributed by atoms with Crippen molar-refractivity contribution in [3.63, 3.8) is 0 Å². The molecule has 1 unspecified atom stereocenters. The Labute approximate surface area is 200 Å². The van der Waals surface area contributed by atoms with Gasteiger partial charge in [-0.3, -0.25) is 4.68 Å². The van der Waals surface area contributed by atoms with Gasteiger partial charge in [-0.1, -0.05) is 6.92 Å². The van der Waals surface area contributed by atoms with Crippen LogP contribution in [0.5, 0.6) is 0 Å². The molecule has 1 atom stereocenters. The number of pyridine rings is 2. The van der Waals surface area contributed by atoms with Gasteiger partial charge in [0.25, 0.3) is 0 Å². The molecule has 0 aromatic carbocycles. The Balaban J connectivity index is 0.000000421. The highest BCUT2D eigenvalue weighted by molar-refractivity contribution is 5.86. The number of aromatic nitrogens is 4. The predicted octanol–water partition coefficient (Wildman–Crippen LogP) is 4.95. The normalized spacial score (nSPS) is 17.8. The van der Waals surface area contributed by atoms with Gasteiger partial charge in [-0.05, 0) is 56.8 Å². The molecule has 1 aliphatic heterocycles. The standard InChI is InChI=1S/C19H16F4N6.C5H11N/c1-9-7-13(25)28-16(14(9)19(21,22)23)17-15(20)18-11(12(27-17)3-2-6-24)8-26-29(18)10-4-5-10;1-5-2-3-6-4-5/h7-8,10H,2-5H2,1H3,(H2,25,28);5-6H,2-4H2,1H3. The largest absolute Gasteiger partial charge is 0.418 e. The van der Waals surface area contributed by atoms with Gasteiger partial charge in [-0.15, -0.1) is 0 Å². The first-order valence-electron chi connectivity index (χ1n) is 11.6. The number of nitrogen functional groups attached to an aromatic ring is 1. The molecule has 3 aromatic heterocycles. The van der Waals surface area contributed by atoms with Gasteiger partial charge in [0.05, 0.1) is 29.6 Å². The lowest BCUT2D eigenvalue weighted by Gasteiger charge is -2.17. The number of nitrogens with one attached hydrogen (secondary N) is 1. The molecule has 0 bridgehead atoms. The summed E-state index contributed by atoms with van der Waals surface area (Å²) in [7, 11) is 0. The zero-order chi connectivity index (χ0) is 25.3. The van der Waals surface area contributed by atoms with Crippen LogP contribution < -0.4 is 11.1 Å². The number of hydrogen-bond donors (Lipinski definition) is 2. The molecule has 186 valence electrons. The number of halogens is 4. The van der Waals surface area contributed by atoms with Crippen molar-refractivity contribution in [1.82, 2.24) is 25.1 Å². The Bertz CT molecular complexity index is 1270. The molecule has 35 heavy (non-hydrogen) atoms. The zero-order valence-electron chi connectivity index (χ0n) is 19.6. The Morgan fingerprint density at radius 3 is 2.51 bits per heavy atom. The molecule has 1 aliphatic carbocycles. The first-order chi connectivity index (χ1) is 16.6. The molecule has 3 aromatic rings. The summed E-state index contributed by atoms with van der Waals surface area (Å²) < 4.78 is 58.2. The molecule has 0 amide bonds. The van der Waals surface area contributed by atoms with E-state index in [4.69, 9.17) is 11.0 Å². The van der Waals surface area contributed by atoms with Crippen molar-refractivity contribution >= 4 is 16.7 Å². The Hall–Kier alpha value is -3.26. The van der Waals surface area contributed by atoms with Crippen LogP contribution in [0.3, 0.4) is 0 Å². The monoisotopic (exact) mass is 489 g/mol. The quantitative estimate of drug-likeness (QED) is 0.503. The number of nitrogens with two attached hydrogens (primary N) is 1. The van der Waals surface area contributed by atoms with E-state index < -0.39 is 28.9 Å². The van der Waals surface area contributed by atoms with Gasteiger partial charge >= 0.3 is 6.18 Å². The van der Waals surface area contributed by atoms with Gasteiger partial charge in [0.15, 0.2) is 5.82 Å². The van der Waals surface area contributed by atoms with Crippen LogP contribution in [0.25, 0.3) is 22.3 Å². The van der Waals surface area contributed by atoms with Crippen molar-refractivity contribution in [1.29, 1.82) is 5.26 Å². The first kappa shape index (κ1) is 24.9. The van der Waals surface area contributed by atoms with Gasteiger partial charge in [0, 0.05) is 18.2 Å². The number of alkyl halides is 3. The summed E-state index contributed by atoms with van der Waals surface area (Å²) in [5.41, 5.74) is 3.62. The number of anilines is 1. The van der Waals surface area contributed by atoms with E-state index in [0.717, 1.165) is 24.8 Å². The van der Waals surface area contributed by atoms with E-state index >= 15 is 4.39 Å². The number of nitriles is 1. The van der Waals surface area contributed by atoms with Crippen LogP contribution in [0.4, 0.5) is 23.4 Å². The van der Waals surface area contributed by atoms with Gasteiger partial charge in [0.1, 0.15) is 22.7 Å². The van der Waals surface area contributed by atoms with Crippen LogP contribution in [0, 0.1) is 30.0 Å². The zero-order valence-corrected chi connectivity index (χ0v) is 19.6. The second-order valence-corrected chi connectivity index (χ2v) is 9.15. The average molecular weight is 490 g/mol. The van der Waals surface area contributed by atoms with Crippen molar-refractivity contribution in [2.45, 2.75) is 58.2 Å². The highest BCUT2D eigenvalue weighted by atomic mass is 19.4. The number of rotatable bonds is 4. The molecule has 11 heteroatoms. The summed E-state index contributed by atoms with van der Waals surface area (Å²) in [6, 6.07) is 3.06. The summed E-state index contributed by atoms with van der Waals surface area (Å²) in [5, 5.41) is 16.8. The van der Waals surface area contributed by atoms with Crippen molar-refractivity contribution in [3.05, 3.63) is 34.9 Å². The fraction of sp³-hybridized carbons (Fsp3) is 0.500. The molecule has 1 saturated carbocycles. The van der Waals surface area contributed by atoms with Crippen LogP contribution in [-0.4, -0.2) is 32.8 Å². The van der Waals surface area contributed by atoms with Crippen LogP contribution >= 0.6 is 0 Å². The van der Waals surface area contributed by atoms with Gasteiger partial charge in [0.2, 0.25) is 0 Å². The number of hydrogen-bond acceptors (Lipinski definition) is 6. The van der Waals surface area contributed by atoms with Crippen molar-refractivity contribution in [2.75, 3.05) is 18.8 Å². The van der Waals surface area contributed by atoms with Crippen LogP contribution in [-0.2, 0) is 12.6 Å². The molecule has 2 fully saturated rings. The second kappa shape index (κ2) is 9.77. The van der Waals surface area contributed by atoms with Crippen molar-refractivity contribution in [3.8, 4) is 17.5 Å². The lowest BCUT2D eigenvalue weighted by Crippen LogP contribution is -2.14. The molecule has 7 nitrogen and oxygen atoms in total. The average Bonchev–Trinajstić information content (AvgIpc) is 3.33. The minimum atomic E-state index is -4.77. The summed E-state index contributed by atoms with van der Waals surface area (Å²) in [5.74, 6) is -0.154. The fourth-order valence-corrected chi connectivity index (χ4v) is 4.29. The number of aryl methyl sites for hydroxylation is 2. The summed E-state index contributed by atoms with van der Waals surface area (Å²) in [6.45, 7) is 5.99. The second-order valence-electron chi connectivity index (χ2n) is 9.15. The van der Waals surface area contributed by atoms with E-state index in [2.05, 4.69) is 27.3 Å². The molecule has 4 heterocycles. The molecule has 0 radical (unpaired) electrons. The van der Waals surface area contributed by atoms with Gasteiger partial charge < -0.3 is 11.1 Å². The maximum absolute atomic E-state index is 15.5. The summed E-state index contributed by atoms with van der Waals surface area (Å²) in [4.78, 5) is 7.95. The molecule has 1 saturated heterocycles. The van der Waals surface area contributed by atoms with E-state index in [1.54, 1.807) is 0 Å². The molecule has 0 spiro atoms. The number of nitrogens with zero attached hydrogens (tertiary/aromatic N) is 5. The van der Waals surface area contributed by atoms with E-state index in [9.17, 15) is 13.2 Å². The van der Waals surface area contributed by atoms with E-state index in [1.165, 1.54) is 37.3 Å². The van der Waals surface area contributed by atoms with E-state index in [-0.39, 0.29) is 35.8 Å². The molecule has 2 aliphatic rings. The Morgan fingerprint density at radius 2 is 1.97 bits per heavy atom. The smallest absolute Gasteiger partial charge is 0.384 e. The number of fused-ring (bicyclic) bond motifs is 1. The Morgan fingerprint density at radius 1 is 1.23 bits per heavy atom. The minimum absolute atomic E-state index is 0.00121. The third-order valence-corrected chi connectivity index (χ3v) is 6.19. The molecule has 3 N–H and O–H groups in total. The van der Waals surface area contributed by atoms with Crippen LogP contribution in [0.15, 0.2) is 12.3 Å². The van der Waals surface area contributed by atoms with Gasteiger partial charge in [-0.2, -0.15) is 23.5 Å². The van der Waals surface area contributed by atoms with Crippen molar-refractivity contribution in [2.24, 2.45) is 5.92 Å². The SMILES string of the molecule is CC1CCNC1.Cc1cc(N)nc(-c2nc(CCC#N)c3cnn(C4CC4)c3c2F)c1C(F)(F)F. The maximum Gasteiger partial charge on any atom is 0.418 e. The van der Waals surface area contributed by atoms with Crippen LogP contribution in [0.1, 0.15) is 55.5 Å². The van der Waals surface area contributed by atoms with E-state index in [0.29, 0.717) is 11.1 Å². The fourth-order valence-electron chi connectivity index (χ4n) is 4.29. The highest BCUT2D eigenvalue weighted by Gasteiger charge is 2.39. The van der Waals surface area contributed by atoms with Gasteiger partial charge in [-0.25, -0.2) is 14.4 Å². The predicted molar refractivity (Wildman–Crippen MR) is 124 cm³/mol. The molecule has 5 rings (SSSR count). The topological polar surface area (TPSA) is 105 Å². The third kappa shape index (κ3) is 5.22. The minimum Gasteiger partial charge on any atom is -0.384 e. The van der Waals surface area contributed by atoms with Crippen LogP contribution in [0.2, 0.25) is 0 Å². The molecular weight excluding hydrogens is 462 g/mol. The lowest BCUT2D eigenvalue weighted by molar-refractivity contribution is -0.137. The van der Waals surface area contributed by atoms with E-state index in [1.807, 2.05) is 6.07 Å².